The van der Waals surface area contributed by atoms with Crippen LogP contribution < -0.4 is 0 Å². The highest BCUT2D eigenvalue weighted by molar-refractivity contribution is 8.03. The van der Waals surface area contributed by atoms with Crippen LogP contribution in [0.25, 0.3) is 0 Å². The minimum Gasteiger partial charge on any atom is -0.478 e. The summed E-state index contributed by atoms with van der Waals surface area (Å²) in [5, 5.41) is 8.70. The van der Waals surface area contributed by atoms with Crippen molar-refractivity contribution >= 4 is 17.7 Å². The summed E-state index contributed by atoms with van der Waals surface area (Å²) in [6.45, 7) is 5.74. The van der Waals surface area contributed by atoms with E-state index in [4.69, 9.17) is 5.11 Å². The van der Waals surface area contributed by atoms with Crippen LogP contribution in [0.4, 0.5) is 0 Å². The lowest BCUT2D eigenvalue weighted by Gasteiger charge is -2.03. The second-order valence-corrected chi connectivity index (χ2v) is 3.60. The molecule has 0 aliphatic carbocycles. The van der Waals surface area contributed by atoms with Gasteiger partial charge in [-0.2, -0.15) is 0 Å². The van der Waals surface area contributed by atoms with E-state index in [0.717, 1.165) is 10.7 Å². The van der Waals surface area contributed by atoms with Crippen molar-refractivity contribution in [3.63, 3.8) is 0 Å². The first-order valence-corrected chi connectivity index (χ1v) is 4.67. The van der Waals surface area contributed by atoms with Crippen molar-refractivity contribution in [2.75, 3.05) is 5.75 Å². The van der Waals surface area contributed by atoms with Gasteiger partial charge in [0.15, 0.2) is 0 Å². The second kappa shape index (κ2) is 5.24. The van der Waals surface area contributed by atoms with Gasteiger partial charge in [-0.3, -0.25) is 0 Å². The lowest BCUT2D eigenvalue weighted by atomic mass is 10.2. The number of thioether (sulfide) groups is 1. The fourth-order valence-corrected chi connectivity index (χ4v) is 1.69. The van der Waals surface area contributed by atoms with Gasteiger partial charge in [-0.1, -0.05) is 13.8 Å². The fraction of sp³-hybridized carbons (Fsp3) is 0.625. The Bertz CT molecular complexity index is 173. The number of carboxylic acids is 1. The number of hydrogen-bond donors (Lipinski definition) is 1. The highest BCUT2D eigenvalue weighted by Crippen LogP contribution is 2.20. The first kappa shape index (κ1) is 10.6. The monoisotopic (exact) mass is 174 g/mol. The van der Waals surface area contributed by atoms with E-state index >= 15 is 0 Å². The number of allylic oxidation sites excluding steroid dienone is 1. The average Bonchev–Trinajstić information content (AvgIpc) is 1.88. The molecular weight excluding hydrogens is 160 g/mol. The van der Waals surface area contributed by atoms with Crippen molar-refractivity contribution in [3.8, 4) is 0 Å². The summed E-state index contributed by atoms with van der Waals surface area (Å²) in [6, 6.07) is 0. The van der Waals surface area contributed by atoms with Crippen LogP contribution in [0.15, 0.2) is 10.5 Å². The molecule has 0 atom stereocenters. The topological polar surface area (TPSA) is 37.3 Å². The molecule has 0 saturated carbocycles. The molecule has 0 fully saturated rings. The number of carboxylic acid groups (broad SMARTS) is 1. The SMILES string of the molecule is CCS/C(C)=C(/CC)C(=O)O. The zero-order valence-corrected chi connectivity index (χ0v) is 7.99. The van der Waals surface area contributed by atoms with Crippen molar-refractivity contribution in [3.05, 3.63) is 10.5 Å². The Balaban J connectivity index is 4.40. The Kier molecular flexibility index (Phi) is 5.03. The summed E-state index contributed by atoms with van der Waals surface area (Å²) in [6.07, 6.45) is 0.605. The van der Waals surface area contributed by atoms with Gasteiger partial charge < -0.3 is 5.11 Å². The van der Waals surface area contributed by atoms with E-state index in [1.807, 2.05) is 20.8 Å². The lowest BCUT2D eigenvalue weighted by Crippen LogP contribution is -2.01. The normalized spacial score (nSPS) is 12.6. The fourth-order valence-electron chi connectivity index (χ4n) is 0.854. The number of carbonyl (C=O) groups is 1. The summed E-state index contributed by atoms with van der Waals surface area (Å²) in [7, 11) is 0. The molecule has 0 saturated heterocycles. The predicted octanol–water partition coefficient (Wildman–Crippen LogP) is 2.51. The second-order valence-electron chi connectivity index (χ2n) is 2.13. The van der Waals surface area contributed by atoms with Crippen molar-refractivity contribution in [1.29, 1.82) is 0 Å². The van der Waals surface area contributed by atoms with Crippen molar-refractivity contribution in [2.45, 2.75) is 27.2 Å². The molecule has 0 rings (SSSR count). The zero-order valence-electron chi connectivity index (χ0n) is 7.18. The summed E-state index contributed by atoms with van der Waals surface area (Å²) in [4.78, 5) is 11.5. The number of hydrogen-bond acceptors (Lipinski definition) is 2. The molecular formula is C8H14O2S. The molecule has 3 heteroatoms. The third-order valence-electron chi connectivity index (χ3n) is 1.40. The molecule has 0 aliphatic heterocycles. The summed E-state index contributed by atoms with van der Waals surface area (Å²) in [5.41, 5.74) is 0.539. The van der Waals surface area contributed by atoms with Gasteiger partial charge in [0.25, 0.3) is 0 Å². The third kappa shape index (κ3) is 3.46. The van der Waals surface area contributed by atoms with E-state index in [9.17, 15) is 4.79 Å². The van der Waals surface area contributed by atoms with Crippen LogP contribution in [-0.4, -0.2) is 16.8 Å². The van der Waals surface area contributed by atoms with E-state index < -0.39 is 5.97 Å². The van der Waals surface area contributed by atoms with E-state index in [1.165, 1.54) is 0 Å². The van der Waals surface area contributed by atoms with E-state index in [1.54, 1.807) is 11.8 Å². The van der Waals surface area contributed by atoms with Crippen LogP contribution in [0.5, 0.6) is 0 Å². The Labute approximate surface area is 71.7 Å². The molecule has 0 aromatic rings. The smallest absolute Gasteiger partial charge is 0.332 e. The molecule has 0 radical (unpaired) electrons. The summed E-state index contributed by atoms with van der Waals surface area (Å²) < 4.78 is 0. The van der Waals surface area contributed by atoms with Crippen LogP contribution in [0, 0.1) is 0 Å². The largest absolute Gasteiger partial charge is 0.478 e. The van der Waals surface area contributed by atoms with Gasteiger partial charge in [-0.15, -0.1) is 11.8 Å². The van der Waals surface area contributed by atoms with E-state index in [2.05, 4.69) is 0 Å². The van der Waals surface area contributed by atoms with Gasteiger partial charge in [0.2, 0.25) is 0 Å². The van der Waals surface area contributed by atoms with Gasteiger partial charge in [-0.25, -0.2) is 4.79 Å². The summed E-state index contributed by atoms with van der Waals surface area (Å²) >= 11 is 1.59. The molecule has 0 aliphatic rings. The standard InChI is InChI=1S/C8H14O2S/c1-4-7(8(9)10)6(3)11-5-2/h4-5H2,1-3H3,(H,9,10)/b7-6-. The molecule has 0 heterocycles. The van der Waals surface area contributed by atoms with Crippen molar-refractivity contribution < 1.29 is 9.90 Å². The first-order valence-electron chi connectivity index (χ1n) is 3.69. The quantitative estimate of drug-likeness (QED) is 0.665. The Morgan fingerprint density at radius 3 is 2.27 bits per heavy atom. The minimum absolute atomic E-state index is 0.539. The molecule has 64 valence electrons. The average molecular weight is 174 g/mol. The highest BCUT2D eigenvalue weighted by atomic mass is 32.2. The van der Waals surface area contributed by atoms with Crippen LogP contribution in [-0.2, 0) is 4.79 Å². The molecule has 0 spiro atoms. The molecule has 0 bridgehead atoms. The van der Waals surface area contributed by atoms with Crippen molar-refractivity contribution in [1.82, 2.24) is 0 Å². The molecule has 2 nitrogen and oxygen atoms in total. The molecule has 0 aromatic carbocycles. The maximum absolute atomic E-state index is 10.6. The van der Waals surface area contributed by atoms with Gasteiger partial charge >= 0.3 is 5.97 Å². The Morgan fingerprint density at radius 1 is 1.45 bits per heavy atom. The molecule has 11 heavy (non-hydrogen) atoms. The van der Waals surface area contributed by atoms with E-state index in [-0.39, 0.29) is 0 Å². The highest BCUT2D eigenvalue weighted by Gasteiger charge is 2.07. The minimum atomic E-state index is -0.786. The maximum Gasteiger partial charge on any atom is 0.332 e. The Morgan fingerprint density at radius 2 is 2.00 bits per heavy atom. The number of aliphatic carboxylic acids is 1. The van der Waals surface area contributed by atoms with Gasteiger partial charge in [0.05, 0.1) is 0 Å². The van der Waals surface area contributed by atoms with Crippen LogP contribution >= 0.6 is 11.8 Å². The van der Waals surface area contributed by atoms with E-state index in [0.29, 0.717) is 12.0 Å². The lowest BCUT2D eigenvalue weighted by molar-refractivity contribution is -0.132. The zero-order chi connectivity index (χ0) is 8.85. The molecule has 1 N–H and O–H groups in total. The van der Waals surface area contributed by atoms with Crippen LogP contribution in [0.3, 0.4) is 0 Å². The molecule has 0 aromatic heterocycles. The Hall–Kier alpha value is -0.440. The number of rotatable bonds is 4. The van der Waals surface area contributed by atoms with Gasteiger partial charge in [-0.05, 0) is 24.0 Å². The summed E-state index contributed by atoms with van der Waals surface area (Å²) in [5.74, 6) is 0.147. The van der Waals surface area contributed by atoms with Crippen LogP contribution in [0.2, 0.25) is 0 Å². The molecule has 0 amide bonds. The van der Waals surface area contributed by atoms with Gasteiger partial charge in [0.1, 0.15) is 0 Å². The van der Waals surface area contributed by atoms with Crippen LogP contribution in [0.1, 0.15) is 27.2 Å². The third-order valence-corrected chi connectivity index (χ3v) is 2.37. The first-order chi connectivity index (χ1) is 5.13. The molecule has 0 unspecified atom stereocenters. The maximum atomic E-state index is 10.6. The predicted molar refractivity (Wildman–Crippen MR) is 48.8 cm³/mol. The van der Waals surface area contributed by atoms with Gasteiger partial charge in [0, 0.05) is 5.57 Å². The van der Waals surface area contributed by atoms with Crippen molar-refractivity contribution in [2.24, 2.45) is 0 Å².